The molecule has 2 aromatic rings. The van der Waals surface area contributed by atoms with Gasteiger partial charge in [0.05, 0.1) is 32.4 Å². The van der Waals surface area contributed by atoms with Crippen LogP contribution in [-0.4, -0.2) is 51.3 Å². The highest BCUT2D eigenvalue weighted by Gasteiger charge is 2.39. The summed E-state index contributed by atoms with van der Waals surface area (Å²) in [6.07, 6.45) is 1.36. The summed E-state index contributed by atoms with van der Waals surface area (Å²) in [5, 5.41) is 5.77. The first-order chi connectivity index (χ1) is 15.8. The number of ether oxygens (including phenoxy) is 3. The number of urea groups is 1. The second kappa shape index (κ2) is 10.4. The maximum Gasteiger partial charge on any atom is 0.321 e. The number of amides is 3. The molecule has 1 aliphatic heterocycles. The van der Waals surface area contributed by atoms with Gasteiger partial charge < -0.3 is 29.7 Å². The molecule has 33 heavy (non-hydrogen) atoms. The number of piperidine rings is 1. The number of nitrogens with one attached hydrogen (secondary N) is 2. The van der Waals surface area contributed by atoms with Crippen LogP contribution < -0.4 is 24.8 Å². The summed E-state index contributed by atoms with van der Waals surface area (Å²) in [5.41, 5.74) is 0.564. The quantitative estimate of drug-likeness (QED) is 0.658. The van der Waals surface area contributed by atoms with E-state index in [0.29, 0.717) is 48.9 Å². The predicted molar refractivity (Wildman–Crippen MR) is 122 cm³/mol. The van der Waals surface area contributed by atoms with Gasteiger partial charge in [0.15, 0.2) is 11.5 Å². The van der Waals surface area contributed by atoms with E-state index in [1.807, 2.05) is 6.92 Å². The molecule has 8 nitrogen and oxygen atoms in total. The first kappa shape index (κ1) is 24.2. The molecule has 178 valence electrons. The van der Waals surface area contributed by atoms with Gasteiger partial charge in [-0.1, -0.05) is 12.1 Å². The Morgan fingerprint density at radius 3 is 2.27 bits per heavy atom. The highest BCUT2D eigenvalue weighted by molar-refractivity contribution is 5.91. The lowest BCUT2D eigenvalue weighted by Crippen LogP contribution is -2.52. The van der Waals surface area contributed by atoms with Crippen LogP contribution in [0.3, 0.4) is 0 Å². The molecule has 0 unspecified atom stereocenters. The lowest BCUT2D eigenvalue weighted by molar-refractivity contribution is -0.132. The van der Waals surface area contributed by atoms with Crippen molar-refractivity contribution in [1.29, 1.82) is 0 Å². The fraction of sp³-hybridized carbons (Fsp3) is 0.417. The molecule has 0 saturated carbocycles. The first-order valence-corrected chi connectivity index (χ1v) is 10.7. The largest absolute Gasteiger partial charge is 0.493 e. The number of halogens is 1. The molecule has 2 N–H and O–H groups in total. The van der Waals surface area contributed by atoms with Gasteiger partial charge in [-0.25, -0.2) is 9.18 Å². The minimum Gasteiger partial charge on any atom is -0.493 e. The summed E-state index contributed by atoms with van der Waals surface area (Å²) < 4.78 is 29.1. The van der Waals surface area contributed by atoms with Crippen LogP contribution in [0.4, 0.5) is 14.9 Å². The molecular weight excluding hydrogens is 429 g/mol. The summed E-state index contributed by atoms with van der Waals surface area (Å²) in [6.45, 7) is 2.97. The van der Waals surface area contributed by atoms with E-state index in [0.717, 1.165) is 5.56 Å². The van der Waals surface area contributed by atoms with Crippen molar-refractivity contribution in [3.8, 4) is 17.2 Å². The van der Waals surface area contributed by atoms with Crippen molar-refractivity contribution in [3.05, 3.63) is 47.8 Å². The Morgan fingerprint density at radius 1 is 1.06 bits per heavy atom. The molecule has 3 amide bonds. The van der Waals surface area contributed by atoms with Crippen molar-refractivity contribution in [2.75, 3.05) is 39.7 Å². The zero-order chi connectivity index (χ0) is 24.0. The van der Waals surface area contributed by atoms with Gasteiger partial charge >= 0.3 is 6.03 Å². The zero-order valence-electron chi connectivity index (χ0n) is 19.4. The van der Waals surface area contributed by atoms with Gasteiger partial charge in [-0.3, -0.25) is 4.79 Å². The molecule has 0 aliphatic carbocycles. The molecule has 0 spiro atoms. The molecule has 1 saturated heterocycles. The van der Waals surface area contributed by atoms with E-state index in [1.165, 1.54) is 33.5 Å². The van der Waals surface area contributed by atoms with Crippen LogP contribution in [0.2, 0.25) is 0 Å². The molecule has 0 bridgehead atoms. The molecular formula is C24H30FN3O5. The minimum atomic E-state index is -0.731. The number of rotatable bonds is 7. The van der Waals surface area contributed by atoms with Gasteiger partial charge in [0.2, 0.25) is 11.7 Å². The van der Waals surface area contributed by atoms with Crippen LogP contribution in [0.5, 0.6) is 17.2 Å². The van der Waals surface area contributed by atoms with Crippen LogP contribution in [0.25, 0.3) is 0 Å². The van der Waals surface area contributed by atoms with Crippen LogP contribution in [0.15, 0.2) is 36.4 Å². The van der Waals surface area contributed by atoms with Gasteiger partial charge in [0.25, 0.3) is 0 Å². The summed E-state index contributed by atoms with van der Waals surface area (Å²) in [6, 6.07) is 8.97. The fourth-order valence-corrected chi connectivity index (χ4v) is 3.95. The zero-order valence-corrected chi connectivity index (χ0v) is 19.4. The third-order valence-corrected chi connectivity index (χ3v) is 5.81. The molecule has 0 radical (unpaired) electrons. The maximum absolute atomic E-state index is 13.1. The van der Waals surface area contributed by atoms with Gasteiger partial charge in [0, 0.05) is 31.8 Å². The van der Waals surface area contributed by atoms with Gasteiger partial charge in [-0.2, -0.15) is 0 Å². The molecule has 1 aliphatic rings. The molecule has 3 rings (SSSR count). The van der Waals surface area contributed by atoms with Crippen molar-refractivity contribution in [1.82, 2.24) is 10.2 Å². The maximum atomic E-state index is 13.1. The Labute approximate surface area is 193 Å². The number of anilines is 1. The molecule has 9 heteroatoms. The lowest BCUT2D eigenvalue weighted by Gasteiger charge is -2.39. The van der Waals surface area contributed by atoms with Crippen LogP contribution >= 0.6 is 0 Å². The molecule has 1 atom stereocenters. The number of likely N-dealkylation sites (tertiary alicyclic amines) is 1. The number of methoxy groups -OCH3 is 3. The molecule has 1 fully saturated rings. The summed E-state index contributed by atoms with van der Waals surface area (Å²) in [7, 11) is 4.52. The van der Waals surface area contributed by atoms with E-state index in [4.69, 9.17) is 14.2 Å². The minimum absolute atomic E-state index is 0.142. The highest BCUT2D eigenvalue weighted by atomic mass is 19.1. The summed E-state index contributed by atoms with van der Waals surface area (Å²) in [5.74, 6) is 0.822. The molecule has 1 heterocycles. The summed E-state index contributed by atoms with van der Waals surface area (Å²) >= 11 is 0. The van der Waals surface area contributed by atoms with E-state index < -0.39 is 5.41 Å². The van der Waals surface area contributed by atoms with Crippen LogP contribution in [-0.2, 0) is 11.3 Å². The van der Waals surface area contributed by atoms with Crippen molar-refractivity contribution in [3.63, 3.8) is 0 Å². The monoisotopic (exact) mass is 459 g/mol. The molecule has 0 aromatic heterocycles. The number of benzene rings is 2. The Bertz CT molecular complexity index is 973. The van der Waals surface area contributed by atoms with Gasteiger partial charge in [-0.15, -0.1) is 0 Å². The average molecular weight is 460 g/mol. The number of hydrogen-bond donors (Lipinski definition) is 2. The average Bonchev–Trinajstić information content (AvgIpc) is 2.82. The number of carbonyl (C=O) groups excluding carboxylic acids is 2. The van der Waals surface area contributed by atoms with E-state index in [-0.39, 0.29) is 24.3 Å². The number of nitrogens with zero attached hydrogens (tertiary/aromatic N) is 1. The van der Waals surface area contributed by atoms with Crippen LogP contribution in [0, 0.1) is 11.2 Å². The smallest absolute Gasteiger partial charge is 0.321 e. The highest BCUT2D eigenvalue weighted by Crippen LogP contribution is 2.40. The van der Waals surface area contributed by atoms with Crippen molar-refractivity contribution < 1.29 is 28.2 Å². The number of hydrogen-bond acceptors (Lipinski definition) is 5. The second-order valence-corrected chi connectivity index (χ2v) is 8.24. The fourth-order valence-electron chi connectivity index (χ4n) is 3.95. The Balaban J connectivity index is 1.66. The number of carbonyl (C=O) groups is 2. The van der Waals surface area contributed by atoms with Gasteiger partial charge in [-0.05, 0) is 37.5 Å². The van der Waals surface area contributed by atoms with E-state index >= 15 is 0 Å². The Kier molecular flexibility index (Phi) is 7.63. The normalized spacial score (nSPS) is 17.8. The first-order valence-electron chi connectivity index (χ1n) is 10.7. The Hall–Kier alpha value is -3.49. The SMILES string of the molecule is COc1cc(NC(=O)N2CCC[C@](C)(C(=O)NCc3ccc(F)cc3)C2)cc(OC)c1OC. The van der Waals surface area contributed by atoms with E-state index in [2.05, 4.69) is 10.6 Å². The third kappa shape index (κ3) is 5.66. The lowest BCUT2D eigenvalue weighted by atomic mass is 9.81. The van der Waals surface area contributed by atoms with Crippen molar-refractivity contribution >= 4 is 17.6 Å². The van der Waals surface area contributed by atoms with E-state index in [1.54, 1.807) is 29.2 Å². The van der Waals surface area contributed by atoms with Crippen molar-refractivity contribution in [2.45, 2.75) is 26.3 Å². The van der Waals surface area contributed by atoms with Crippen molar-refractivity contribution in [2.24, 2.45) is 5.41 Å². The second-order valence-electron chi connectivity index (χ2n) is 8.24. The third-order valence-electron chi connectivity index (χ3n) is 5.81. The standard InChI is InChI=1S/C24H30FN3O5/c1-24(22(29)26-14-16-6-8-17(25)9-7-16)10-5-11-28(15-24)23(30)27-18-12-19(31-2)21(33-4)20(13-18)32-3/h6-9,12-13H,5,10-11,14-15H2,1-4H3,(H,26,29)(H,27,30)/t24-/m0/s1. The topological polar surface area (TPSA) is 89.1 Å². The van der Waals surface area contributed by atoms with Gasteiger partial charge in [0.1, 0.15) is 5.82 Å². The van der Waals surface area contributed by atoms with E-state index in [9.17, 15) is 14.0 Å². The Morgan fingerprint density at radius 2 is 1.70 bits per heavy atom. The van der Waals surface area contributed by atoms with Crippen LogP contribution in [0.1, 0.15) is 25.3 Å². The summed E-state index contributed by atoms with van der Waals surface area (Å²) in [4.78, 5) is 27.5. The predicted octanol–water partition coefficient (Wildman–Crippen LogP) is 3.80. The molecule has 2 aromatic carbocycles.